The summed E-state index contributed by atoms with van der Waals surface area (Å²) in [7, 11) is -3.63. The fourth-order valence-electron chi connectivity index (χ4n) is 4.13. The first-order valence-electron chi connectivity index (χ1n) is 9.82. The quantitative estimate of drug-likeness (QED) is 0.833. The molecule has 1 saturated heterocycles. The second kappa shape index (κ2) is 8.11. The molecule has 2 aromatic rings. The highest BCUT2D eigenvalue weighted by Gasteiger charge is 2.23. The van der Waals surface area contributed by atoms with Crippen molar-refractivity contribution in [1.82, 2.24) is 4.90 Å². The Bertz CT molecular complexity index is 907. The van der Waals surface area contributed by atoms with Crippen molar-refractivity contribution in [3.63, 3.8) is 0 Å². The molecule has 2 aliphatic heterocycles. The molecule has 1 fully saturated rings. The maximum Gasteiger partial charge on any atom is 0.238 e. The van der Waals surface area contributed by atoms with Crippen molar-refractivity contribution in [1.29, 1.82) is 0 Å². The predicted molar refractivity (Wildman–Crippen MR) is 110 cm³/mol. The van der Waals surface area contributed by atoms with Crippen LogP contribution in [0.3, 0.4) is 0 Å². The van der Waals surface area contributed by atoms with E-state index >= 15 is 0 Å². The van der Waals surface area contributed by atoms with Gasteiger partial charge >= 0.3 is 0 Å². The standard InChI is InChI=1S/C21H27N3O3S/c22-28(25,26)19-7-5-18(6-8-19)24-14-12-23(13-15-24)11-9-17-10-16-27-21-4-2-1-3-20(17)21/h1-8,17H,9-16H2,(H2,22,25,26)/t17-/m0/s1. The van der Waals surface area contributed by atoms with E-state index in [1.807, 2.05) is 18.2 Å². The number of hydrogen-bond donors (Lipinski definition) is 1. The number of fused-ring (bicyclic) bond motifs is 1. The summed E-state index contributed by atoms with van der Waals surface area (Å²) in [4.78, 5) is 4.98. The first-order valence-corrected chi connectivity index (χ1v) is 11.4. The van der Waals surface area contributed by atoms with Crippen LogP contribution >= 0.6 is 0 Å². The third kappa shape index (κ3) is 4.32. The summed E-state index contributed by atoms with van der Waals surface area (Å²) in [5.41, 5.74) is 2.40. The van der Waals surface area contributed by atoms with Gasteiger partial charge in [-0.15, -0.1) is 0 Å². The lowest BCUT2D eigenvalue weighted by atomic mass is 9.90. The molecule has 28 heavy (non-hydrogen) atoms. The Kier molecular flexibility index (Phi) is 5.57. The van der Waals surface area contributed by atoms with Gasteiger partial charge < -0.3 is 9.64 Å². The summed E-state index contributed by atoms with van der Waals surface area (Å²) < 4.78 is 28.6. The lowest BCUT2D eigenvalue weighted by molar-refractivity contribution is 0.223. The van der Waals surface area contributed by atoms with Crippen LogP contribution < -0.4 is 14.8 Å². The molecule has 2 aliphatic rings. The van der Waals surface area contributed by atoms with Crippen LogP contribution in [-0.4, -0.2) is 52.6 Å². The Balaban J connectivity index is 1.29. The normalized spacial score (nSPS) is 20.5. The van der Waals surface area contributed by atoms with Crippen molar-refractivity contribution in [3.8, 4) is 5.75 Å². The minimum Gasteiger partial charge on any atom is -0.493 e. The number of piperazine rings is 1. The molecule has 0 amide bonds. The Morgan fingerprint density at radius 1 is 1.00 bits per heavy atom. The van der Waals surface area contributed by atoms with Gasteiger partial charge in [0.25, 0.3) is 0 Å². The van der Waals surface area contributed by atoms with Crippen LogP contribution in [0.5, 0.6) is 5.75 Å². The van der Waals surface area contributed by atoms with Gasteiger partial charge in [0, 0.05) is 31.9 Å². The second-order valence-electron chi connectivity index (χ2n) is 7.53. The molecule has 0 unspecified atom stereocenters. The average Bonchev–Trinajstić information content (AvgIpc) is 2.72. The van der Waals surface area contributed by atoms with E-state index in [-0.39, 0.29) is 4.90 Å². The summed E-state index contributed by atoms with van der Waals surface area (Å²) in [5.74, 6) is 1.63. The number of hydrogen-bond acceptors (Lipinski definition) is 5. The second-order valence-corrected chi connectivity index (χ2v) is 9.09. The first kappa shape index (κ1) is 19.2. The Labute approximate surface area is 166 Å². The maximum absolute atomic E-state index is 11.4. The minimum absolute atomic E-state index is 0.159. The minimum atomic E-state index is -3.63. The van der Waals surface area contributed by atoms with Crippen LogP contribution in [0.2, 0.25) is 0 Å². The summed E-state index contributed by atoms with van der Waals surface area (Å²) in [6, 6.07) is 15.3. The Hall–Kier alpha value is -2.09. The number of benzene rings is 2. The lowest BCUT2D eigenvalue weighted by Gasteiger charge is -2.37. The zero-order valence-electron chi connectivity index (χ0n) is 16.0. The average molecular weight is 402 g/mol. The van der Waals surface area contributed by atoms with Gasteiger partial charge in [0.05, 0.1) is 11.5 Å². The molecule has 1 atom stereocenters. The SMILES string of the molecule is NS(=O)(=O)c1ccc(N2CCN(CC[C@H]3CCOc4ccccc43)CC2)cc1. The van der Waals surface area contributed by atoms with Crippen LogP contribution in [0.1, 0.15) is 24.3 Å². The maximum atomic E-state index is 11.4. The number of nitrogens with zero attached hydrogens (tertiary/aromatic N) is 2. The van der Waals surface area contributed by atoms with Crippen LogP contribution in [0.15, 0.2) is 53.4 Å². The highest BCUT2D eigenvalue weighted by atomic mass is 32.2. The van der Waals surface area contributed by atoms with Crippen LogP contribution in [0.4, 0.5) is 5.69 Å². The van der Waals surface area contributed by atoms with Gasteiger partial charge in [-0.25, -0.2) is 13.6 Å². The number of para-hydroxylation sites is 1. The van der Waals surface area contributed by atoms with E-state index in [0.717, 1.165) is 63.6 Å². The third-order valence-electron chi connectivity index (χ3n) is 5.78. The molecule has 2 N–H and O–H groups in total. The smallest absolute Gasteiger partial charge is 0.238 e. The van der Waals surface area contributed by atoms with E-state index in [9.17, 15) is 8.42 Å². The topological polar surface area (TPSA) is 75.9 Å². The van der Waals surface area contributed by atoms with Crippen molar-refractivity contribution in [3.05, 3.63) is 54.1 Å². The molecule has 2 heterocycles. The number of anilines is 1. The number of rotatable bonds is 5. The molecule has 0 bridgehead atoms. The van der Waals surface area contributed by atoms with Gasteiger partial charge in [-0.1, -0.05) is 18.2 Å². The largest absolute Gasteiger partial charge is 0.493 e. The monoisotopic (exact) mass is 401 g/mol. The Morgan fingerprint density at radius 2 is 1.71 bits per heavy atom. The van der Waals surface area contributed by atoms with Gasteiger partial charge in [-0.3, -0.25) is 4.90 Å². The highest BCUT2D eigenvalue weighted by molar-refractivity contribution is 7.89. The van der Waals surface area contributed by atoms with Gasteiger partial charge in [-0.2, -0.15) is 0 Å². The molecule has 7 heteroatoms. The third-order valence-corrected chi connectivity index (χ3v) is 6.71. The molecule has 150 valence electrons. The molecule has 0 radical (unpaired) electrons. The van der Waals surface area contributed by atoms with Crippen LogP contribution in [0.25, 0.3) is 0 Å². The number of ether oxygens (including phenoxy) is 1. The molecule has 0 aliphatic carbocycles. The zero-order valence-corrected chi connectivity index (χ0v) is 16.8. The lowest BCUT2D eigenvalue weighted by Crippen LogP contribution is -2.46. The van der Waals surface area contributed by atoms with E-state index in [1.54, 1.807) is 12.1 Å². The molecule has 6 nitrogen and oxygen atoms in total. The zero-order chi connectivity index (χ0) is 19.6. The van der Waals surface area contributed by atoms with E-state index in [4.69, 9.17) is 9.88 Å². The van der Waals surface area contributed by atoms with Gasteiger partial charge in [0.1, 0.15) is 5.75 Å². The number of primary sulfonamides is 1. The summed E-state index contributed by atoms with van der Waals surface area (Å²) >= 11 is 0. The van der Waals surface area contributed by atoms with Gasteiger partial charge in [0.2, 0.25) is 10.0 Å². The summed E-state index contributed by atoms with van der Waals surface area (Å²) in [6.45, 7) is 5.82. The van der Waals surface area contributed by atoms with Gasteiger partial charge in [-0.05, 0) is 61.2 Å². The first-order chi connectivity index (χ1) is 13.5. The van der Waals surface area contributed by atoms with E-state index in [0.29, 0.717) is 5.92 Å². The summed E-state index contributed by atoms with van der Waals surface area (Å²) in [5, 5.41) is 5.17. The molecular weight excluding hydrogens is 374 g/mol. The summed E-state index contributed by atoms with van der Waals surface area (Å²) in [6.07, 6.45) is 2.25. The molecule has 4 rings (SSSR count). The van der Waals surface area contributed by atoms with Crippen molar-refractivity contribution >= 4 is 15.7 Å². The van der Waals surface area contributed by atoms with E-state index < -0.39 is 10.0 Å². The number of nitrogens with two attached hydrogens (primary N) is 1. The van der Waals surface area contributed by atoms with Crippen LogP contribution in [-0.2, 0) is 10.0 Å². The van der Waals surface area contributed by atoms with Crippen LogP contribution in [0, 0.1) is 0 Å². The molecule has 0 spiro atoms. The van der Waals surface area contributed by atoms with Gasteiger partial charge in [0.15, 0.2) is 0 Å². The predicted octanol–water partition coefficient (Wildman–Crippen LogP) is 2.41. The van der Waals surface area contributed by atoms with Crippen molar-refractivity contribution < 1.29 is 13.2 Å². The van der Waals surface area contributed by atoms with Crippen molar-refractivity contribution in [2.24, 2.45) is 5.14 Å². The van der Waals surface area contributed by atoms with Crippen molar-refractivity contribution in [2.75, 3.05) is 44.2 Å². The van der Waals surface area contributed by atoms with E-state index in [2.05, 4.69) is 28.0 Å². The molecule has 2 aromatic carbocycles. The Morgan fingerprint density at radius 3 is 2.43 bits per heavy atom. The molecular formula is C21H27N3O3S. The highest BCUT2D eigenvalue weighted by Crippen LogP contribution is 2.35. The number of sulfonamides is 1. The van der Waals surface area contributed by atoms with E-state index in [1.165, 1.54) is 5.56 Å². The molecule has 0 aromatic heterocycles. The fourth-order valence-corrected chi connectivity index (χ4v) is 4.65. The fraction of sp³-hybridized carbons (Fsp3) is 0.429. The molecule has 0 saturated carbocycles. The van der Waals surface area contributed by atoms with Crippen molar-refractivity contribution in [2.45, 2.75) is 23.7 Å².